The van der Waals surface area contributed by atoms with Gasteiger partial charge in [0, 0.05) is 31.5 Å². The van der Waals surface area contributed by atoms with Crippen LogP contribution in [0.3, 0.4) is 0 Å². The first-order valence-electron chi connectivity index (χ1n) is 7.47. The molecule has 1 aliphatic carbocycles. The Kier molecular flexibility index (Phi) is 5.15. The Morgan fingerprint density at radius 1 is 1.21 bits per heavy atom. The van der Waals surface area contributed by atoms with Crippen molar-refractivity contribution in [1.82, 2.24) is 4.90 Å². The highest BCUT2D eigenvalue weighted by Crippen LogP contribution is 2.23. The maximum atomic E-state index is 12.0. The number of hydrogen-bond acceptors (Lipinski definition) is 2. The lowest BCUT2D eigenvalue weighted by Gasteiger charge is -2.31. The summed E-state index contributed by atoms with van der Waals surface area (Å²) >= 11 is 0. The molecule has 0 bridgehead atoms. The van der Waals surface area contributed by atoms with Gasteiger partial charge in [-0.25, -0.2) is 0 Å². The van der Waals surface area contributed by atoms with E-state index < -0.39 is 0 Å². The predicted molar refractivity (Wildman–Crippen MR) is 79.0 cm³/mol. The van der Waals surface area contributed by atoms with Gasteiger partial charge in [-0.15, -0.1) is 0 Å². The van der Waals surface area contributed by atoms with Crippen LogP contribution in [0.5, 0.6) is 0 Å². The number of carbonyl (C=O) groups excluding carboxylic acids is 1. The second-order valence-corrected chi connectivity index (χ2v) is 5.92. The molecule has 104 valence electrons. The monoisotopic (exact) mass is 259 g/mol. The Morgan fingerprint density at radius 2 is 1.95 bits per heavy atom. The quantitative estimate of drug-likeness (QED) is 0.804. The van der Waals surface area contributed by atoms with E-state index in [-0.39, 0.29) is 5.92 Å². The molecule has 0 aliphatic heterocycles. The zero-order valence-electron chi connectivity index (χ0n) is 12.1. The lowest BCUT2D eigenvalue weighted by Crippen LogP contribution is -2.38. The van der Waals surface area contributed by atoms with Crippen LogP contribution in [-0.2, 0) is 11.3 Å². The molecule has 2 rings (SSSR count). The summed E-state index contributed by atoms with van der Waals surface area (Å²) in [6.07, 6.45) is 4.18. The van der Waals surface area contributed by atoms with Gasteiger partial charge in [-0.05, 0) is 32.3 Å². The molecule has 0 aromatic heterocycles. The van der Waals surface area contributed by atoms with Crippen LogP contribution in [0, 0.1) is 5.92 Å². The minimum Gasteiger partial charge on any atom is -0.299 e. The van der Waals surface area contributed by atoms with E-state index in [1.54, 1.807) is 0 Å². The third kappa shape index (κ3) is 4.17. The molecule has 2 nitrogen and oxygen atoms in total. The summed E-state index contributed by atoms with van der Waals surface area (Å²) in [5.41, 5.74) is 1.33. The second kappa shape index (κ2) is 6.85. The minimum atomic E-state index is 0.264. The van der Waals surface area contributed by atoms with Gasteiger partial charge in [0.25, 0.3) is 0 Å². The summed E-state index contributed by atoms with van der Waals surface area (Å²) in [7, 11) is 0. The Labute approximate surface area is 116 Å². The number of benzene rings is 1. The first kappa shape index (κ1) is 14.3. The molecule has 0 spiro atoms. The molecular formula is C17H25NO. The molecular weight excluding hydrogens is 234 g/mol. The topological polar surface area (TPSA) is 20.3 Å². The van der Waals surface area contributed by atoms with Crippen molar-refractivity contribution in [3.63, 3.8) is 0 Å². The van der Waals surface area contributed by atoms with Gasteiger partial charge in [0.1, 0.15) is 5.78 Å². The van der Waals surface area contributed by atoms with E-state index >= 15 is 0 Å². The van der Waals surface area contributed by atoms with Gasteiger partial charge in [-0.1, -0.05) is 36.8 Å². The van der Waals surface area contributed by atoms with Crippen molar-refractivity contribution in [3.8, 4) is 0 Å². The third-order valence-electron chi connectivity index (χ3n) is 4.09. The van der Waals surface area contributed by atoms with Crippen molar-refractivity contribution in [2.24, 2.45) is 5.92 Å². The van der Waals surface area contributed by atoms with Crippen molar-refractivity contribution in [1.29, 1.82) is 0 Å². The average Bonchev–Trinajstić information content (AvgIpc) is 2.41. The van der Waals surface area contributed by atoms with E-state index in [2.05, 4.69) is 43.0 Å². The highest BCUT2D eigenvalue weighted by Gasteiger charge is 2.25. The van der Waals surface area contributed by atoms with Crippen LogP contribution in [0.25, 0.3) is 0 Å². The molecule has 0 saturated heterocycles. The normalized spacial score (nSPS) is 20.2. The van der Waals surface area contributed by atoms with E-state index in [0.717, 1.165) is 32.4 Å². The zero-order valence-corrected chi connectivity index (χ0v) is 12.1. The van der Waals surface area contributed by atoms with Crippen LogP contribution >= 0.6 is 0 Å². The molecule has 1 saturated carbocycles. The fourth-order valence-corrected chi connectivity index (χ4v) is 2.81. The van der Waals surface area contributed by atoms with Gasteiger partial charge < -0.3 is 0 Å². The number of hydrogen-bond donors (Lipinski definition) is 0. The Hall–Kier alpha value is -1.15. The molecule has 0 amide bonds. The zero-order chi connectivity index (χ0) is 13.7. The smallest absolute Gasteiger partial charge is 0.137 e. The largest absolute Gasteiger partial charge is 0.299 e. The SMILES string of the molecule is CC(C)N(Cc1ccccc1)CC1CCCCC1=O. The standard InChI is InChI=1S/C17H25NO/c1-14(2)18(12-15-8-4-3-5-9-15)13-16-10-6-7-11-17(16)19/h3-5,8-9,14,16H,6-7,10-13H2,1-2H3. The first-order chi connectivity index (χ1) is 9.16. The summed E-state index contributed by atoms with van der Waals surface area (Å²) < 4.78 is 0. The van der Waals surface area contributed by atoms with Crippen molar-refractivity contribution < 1.29 is 4.79 Å². The predicted octanol–water partition coefficient (Wildman–Crippen LogP) is 3.66. The summed E-state index contributed by atoms with van der Waals surface area (Å²) in [5, 5.41) is 0. The molecule has 1 unspecified atom stereocenters. The van der Waals surface area contributed by atoms with Crippen LogP contribution in [0.15, 0.2) is 30.3 Å². The fourth-order valence-electron chi connectivity index (χ4n) is 2.81. The lowest BCUT2D eigenvalue weighted by molar-refractivity contribution is -0.125. The van der Waals surface area contributed by atoms with Crippen LogP contribution in [0.2, 0.25) is 0 Å². The van der Waals surface area contributed by atoms with Crippen molar-refractivity contribution in [2.45, 2.75) is 52.1 Å². The third-order valence-corrected chi connectivity index (χ3v) is 4.09. The van der Waals surface area contributed by atoms with Crippen LogP contribution in [0.4, 0.5) is 0 Å². The molecule has 1 aromatic carbocycles. The molecule has 2 heteroatoms. The van der Waals surface area contributed by atoms with Crippen molar-refractivity contribution >= 4 is 5.78 Å². The second-order valence-electron chi connectivity index (χ2n) is 5.92. The molecule has 1 aliphatic rings. The van der Waals surface area contributed by atoms with Crippen LogP contribution in [0.1, 0.15) is 45.1 Å². The summed E-state index contributed by atoms with van der Waals surface area (Å²) in [5.74, 6) is 0.741. The maximum Gasteiger partial charge on any atom is 0.137 e. The van der Waals surface area contributed by atoms with E-state index in [1.165, 1.54) is 12.0 Å². The Balaban J connectivity index is 1.98. The van der Waals surface area contributed by atoms with Gasteiger partial charge in [-0.3, -0.25) is 9.69 Å². The molecule has 0 heterocycles. The number of Topliss-reactive ketones (excluding diaryl/α,β-unsaturated/α-hetero) is 1. The van der Waals surface area contributed by atoms with E-state index in [1.807, 2.05) is 6.07 Å². The molecule has 1 aromatic rings. The minimum absolute atomic E-state index is 0.264. The molecule has 1 fully saturated rings. The van der Waals surface area contributed by atoms with E-state index in [4.69, 9.17) is 0 Å². The summed E-state index contributed by atoms with van der Waals surface area (Å²) in [6.45, 7) is 6.31. The first-order valence-corrected chi connectivity index (χ1v) is 7.47. The van der Waals surface area contributed by atoms with Gasteiger partial charge in [0.15, 0.2) is 0 Å². The molecule has 19 heavy (non-hydrogen) atoms. The average molecular weight is 259 g/mol. The number of nitrogens with zero attached hydrogens (tertiary/aromatic N) is 1. The highest BCUT2D eigenvalue weighted by molar-refractivity contribution is 5.81. The fraction of sp³-hybridized carbons (Fsp3) is 0.588. The maximum absolute atomic E-state index is 12.0. The van der Waals surface area contributed by atoms with E-state index in [0.29, 0.717) is 11.8 Å². The molecule has 1 atom stereocenters. The number of rotatable bonds is 5. The van der Waals surface area contributed by atoms with Crippen molar-refractivity contribution in [2.75, 3.05) is 6.54 Å². The Morgan fingerprint density at radius 3 is 2.58 bits per heavy atom. The summed E-state index contributed by atoms with van der Waals surface area (Å²) in [6, 6.07) is 11.0. The molecule has 0 radical (unpaired) electrons. The lowest BCUT2D eigenvalue weighted by atomic mass is 9.87. The van der Waals surface area contributed by atoms with Crippen LogP contribution < -0.4 is 0 Å². The van der Waals surface area contributed by atoms with Gasteiger partial charge >= 0.3 is 0 Å². The highest BCUT2D eigenvalue weighted by atomic mass is 16.1. The van der Waals surface area contributed by atoms with Gasteiger partial charge in [-0.2, -0.15) is 0 Å². The number of carbonyl (C=O) groups is 1. The van der Waals surface area contributed by atoms with Gasteiger partial charge in [0.05, 0.1) is 0 Å². The Bertz CT molecular complexity index is 399. The van der Waals surface area contributed by atoms with E-state index in [9.17, 15) is 4.79 Å². The van der Waals surface area contributed by atoms with Crippen molar-refractivity contribution in [3.05, 3.63) is 35.9 Å². The summed E-state index contributed by atoms with van der Waals surface area (Å²) in [4.78, 5) is 14.4. The molecule has 0 N–H and O–H groups in total. The van der Waals surface area contributed by atoms with Gasteiger partial charge in [0.2, 0.25) is 0 Å². The van der Waals surface area contributed by atoms with Crippen LogP contribution in [-0.4, -0.2) is 23.3 Å². The number of ketones is 1.